The molecule has 74 valence electrons. The highest BCUT2D eigenvalue weighted by atomic mass is 79.9. The van der Waals surface area contributed by atoms with E-state index in [0.717, 1.165) is 26.0 Å². The molecule has 0 bridgehead atoms. The molecule has 0 unspecified atom stereocenters. The molecule has 0 saturated heterocycles. The van der Waals surface area contributed by atoms with Crippen molar-refractivity contribution in [2.45, 2.75) is 13.5 Å². The van der Waals surface area contributed by atoms with Gasteiger partial charge < -0.3 is 10.2 Å². The third-order valence-electron chi connectivity index (χ3n) is 1.79. The molecule has 2 N–H and O–H groups in total. The second-order valence-corrected chi connectivity index (χ2v) is 5.17. The fourth-order valence-electron chi connectivity index (χ4n) is 1.11. The minimum atomic E-state index is 0.441. The van der Waals surface area contributed by atoms with Crippen molar-refractivity contribution in [3.63, 3.8) is 0 Å². The Morgan fingerprint density at radius 3 is 2.86 bits per heavy atom. The number of thiazole rings is 1. The van der Waals surface area contributed by atoms with Crippen LogP contribution in [0.5, 0.6) is 0 Å². The lowest BCUT2D eigenvalue weighted by atomic mass is 10.4. The van der Waals surface area contributed by atoms with Gasteiger partial charge in [-0.25, -0.2) is 4.98 Å². The summed E-state index contributed by atoms with van der Waals surface area (Å²) in [6, 6.07) is 3.84. The van der Waals surface area contributed by atoms with Crippen molar-refractivity contribution in [3.05, 3.63) is 27.4 Å². The normalized spacial score (nSPS) is 10.8. The zero-order valence-corrected chi connectivity index (χ0v) is 9.98. The molecule has 0 radical (unpaired) electrons. The molecule has 2 heterocycles. The Morgan fingerprint density at radius 1 is 1.57 bits per heavy atom. The summed E-state index contributed by atoms with van der Waals surface area (Å²) in [5, 5.41) is 0.866. The van der Waals surface area contributed by atoms with Crippen molar-refractivity contribution >= 4 is 27.3 Å². The Balaban J connectivity index is 2.42. The van der Waals surface area contributed by atoms with Gasteiger partial charge in [0.15, 0.2) is 10.8 Å². The van der Waals surface area contributed by atoms with Crippen molar-refractivity contribution in [2.24, 2.45) is 5.73 Å². The monoisotopic (exact) mass is 272 g/mol. The topological polar surface area (TPSA) is 52.0 Å². The van der Waals surface area contributed by atoms with Gasteiger partial charge in [0.2, 0.25) is 0 Å². The molecule has 2 aromatic rings. The highest BCUT2D eigenvalue weighted by Crippen LogP contribution is 2.32. The standard InChI is InChI=1S/C9H9BrN2OS/c1-5-2-3-7(13-5)9-12-6(4-11)8(10)14-9/h2-3H,4,11H2,1H3. The number of hydrogen-bond donors (Lipinski definition) is 1. The van der Waals surface area contributed by atoms with Crippen LogP contribution in [0, 0.1) is 6.92 Å². The predicted octanol–water partition coefficient (Wildman–Crippen LogP) is 2.93. The molecule has 0 aliphatic heterocycles. The molecule has 0 fully saturated rings. The van der Waals surface area contributed by atoms with Crippen LogP contribution in [0.1, 0.15) is 11.5 Å². The second kappa shape index (κ2) is 3.84. The van der Waals surface area contributed by atoms with Gasteiger partial charge in [-0.2, -0.15) is 0 Å². The van der Waals surface area contributed by atoms with Gasteiger partial charge in [-0.1, -0.05) is 0 Å². The molecule has 0 aliphatic carbocycles. The van der Waals surface area contributed by atoms with Crippen molar-refractivity contribution in [1.82, 2.24) is 4.98 Å². The maximum absolute atomic E-state index is 5.53. The van der Waals surface area contributed by atoms with E-state index in [1.54, 1.807) is 0 Å². The van der Waals surface area contributed by atoms with E-state index in [4.69, 9.17) is 10.2 Å². The number of nitrogens with two attached hydrogens (primary N) is 1. The number of halogens is 1. The van der Waals surface area contributed by atoms with Gasteiger partial charge in [-0.3, -0.25) is 0 Å². The van der Waals surface area contributed by atoms with Crippen molar-refractivity contribution in [3.8, 4) is 10.8 Å². The Bertz CT molecular complexity index is 449. The first-order valence-corrected chi connectivity index (χ1v) is 5.73. The minimum absolute atomic E-state index is 0.441. The van der Waals surface area contributed by atoms with Crippen LogP contribution in [0.15, 0.2) is 20.3 Å². The molecule has 5 heteroatoms. The molecule has 2 rings (SSSR count). The largest absolute Gasteiger partial charge is 0.459 e. The van der Waals surface area contributed by atoms with E-state index in [1.165, 1.54) is 11.3 Å². The first-order chi connectivity index (χ1) is 6.70. The third-order valence-corrected chi connectivity index (χ3v) is 3.64. The molecule has 0 amide bonds. The zero-order chi connectivity index (χ0) is 10.1. The lowest BCUT2D eigenvalue weighted by Crippen LogP contribution is -1.96. The molecule has 0 aliphatic rings. The van der Waals surface area contributed by atoms with Gasteiger partial charge in [-0.05, 0) is 35.0 Å². The second-order valence-electron chi connectivity index (χ2n) is 2.85. The molecular weight excluding hydrogens is 264 g/mol. The number of nitrogens with zero attached hydrogens (tertiary/aromatic N) is 1. The van der Waals surface area contributed by atoms with Crippen molar-refractivity contribution in [1.29, 1.82) is 0 Å². The van der Waals surface area contributed by atoms with E-state index < -0.39 is 0 Å². The first kappa shape index (κ1) is 9.89. The summed E-state index contributed by atoms with van der Waals surface area (Å²) in [5.41, 5.74) is 6.40. The Hall–Kier alpha value is -0.650. The quantitative estimate of drug-likeness (QED) is 0.915. The highest BCUT2D eigenvalue weighted by Gasteiger charge is 2.11. The van der Waals surface area contributed by atoms with Crippen molar-refractivity contribution in [2.75, 3.05) is 0 Å². The summed E-state index contributed by atoms with van der Waals surface area (Å²) in [6.45, 7) is 2.35. The first-order valence-electron chi connectivity index (χ1n) is 4.13. The summed E-state index contributed by atoms with van der Waals surface area (Å²) in [6.07, 6.45) is 0. The lowest BCUT2D eigenvalue weighted by Gasteiger charge is -1.88. The number of hydrogen-bond acceptors (Lipinski definition) is 4. The average Bonchev–Trinajstić information content (AvgIpc) is 2.71. The van der Waals surface area contributed by atoms with Crippen LogP contribution in [-0.4, -0.2) is 4.98 Å². The molecule has 0 atom stereocenters. The van der Waals surface area contributed by atoms with E-state index >= 15 is 0 Å². The van der Waals surface area contributed by atoms with E-state index in [2.05, 4.69) is 20.9 Å². The Morgan fingerprint density at radius 2 is 2.36 bits per heavy atom. The van der Waals surface area contributed by atoms with Crippen LogP contribution in [0.2, 0.25) is 0 Å². The summed E-state index contributed by atoms with van der Waals surface area (Å²) in [5.74, 6) is 1.69. The third kappa shape index (κ3) is 1.75. The molecule has 2 aromatic heterocycles. The predicted molar refractivity (Wildman–Crippen MR) is 60.1 cm³/mol. The SMILES string of the molecule is Cc1ccc(-c2nc(CN)c(Br)s2)o1. The van der Waals surface area contributed by atoms with Crippen LogP contribution in [0.25, 0.3) is 10.8 Å². The zero-order valence-electron chi connectivity index (χ0n) is 7.58. The van der Waals surface area contributed by atoms with E-state index in [1.807, 2.05) is 19.1 Å². The van der Waals surface area contributed by atoms with Crippen LogP contribution >= 0.6 is 27.3 Å². The van der Waals surface area contributed by atoms with Gasteiger partial charge in [0.05, 0.1) is 9.48 Å². The maximum Gasteiger partial charge on any atom is 0.162 e. The van der Waals surface area contributed by atoms with E-state index in [0.29, 0.717) is 6.54 Å². The number of furan rings is 1. The maximum atomic E-state index is 5.53. The number of aromatic nitrogens is 1. The average molecular weight is 273 g/mol. The summed E-state index contributed by atoms with van der Waals surface area (Å²) >= 11 is 4.95. The van der Waals surface area contributed by atoms with E-state index in [9.17, 15) is 0 Å². The Kier molecular flexibility index (Phi) is 2.71. The van der Waals surface area contributed by atoms with E-state index in [-0.39, 0.29) is 0 Å². The fourth-order valence-corrected chi connectivity index (χ4v) is 2.61. The van der Waals surface area contributed by atoms with Crippen LogP contribution in [-0.2, 0) is 6.54 Å². The van der Waals surface area contributed by atoms with Crippen LogP contribution in [0.3, 0.4) is 0 Å². The molecule has 3 nitrogen and oxygen atoms in total. The summed E-state index contributed by atoms with van der Waals surface area (Å²) in [4.78, 5) is 4.36. The molecule has 0 spiro atoms. The van der Waals surface area contributed by atoms with Gasteiger partial charge in [0.25, 0.3) is 0 Å². The summed E-state index contributed by atoms with van der Waals surface area (Å²) in [7, 11) is 0. The van der Waals surface area contributed by atoms with Crippen LogP contribution in [0.4, 0.5) is 0 Å². The van der Waals surface area contributed by atoms with Crippen LogP contribution < -0.4 is 5.73 Å². The highest BCUT2D eigenvalue weighted by molar-refractivity contribution is 9.11. The fraction of sp³-hybridized carbons (Fsp3) is 0.222. The molecular formula is C9H9BrN2OS. The van der Waals surface area contributed by atoms with Gasteiger partial charge in [-0.15, -0.1) is 11.3 Å². The summed E-state index contributed by atoms with van der Waals surface area (Å²) < 4.78 is 6.44. The molecule has 0 aromatic carbocycles. The number of rotatable bonds is 2. The molecule has 0 saturated carbocycles. The Labute approximate surface area is 94.1 Å². The van der Waals surface area contributed by atoms with Gasteiger partial charge >= 0.3 is 0 Å². The van der Waals surface area contributed by atoms with Crippen molar-refractivity contribution < 1.29 is 4.42 Å². The minimum Gasteiger partial charge on any atom is -0.459 e. The number of aryl methyl sites for hydroxylation is 1. The lowest BCUT2D eigenvalue weighted by molar-refractivity contribution is 0.548. The smallest absolute Gasteiger partial charge is 0.162 e. The van der Waals surface area contributed by atoms with Gasteiger partial charge in [0.1, 0.15) is 5.76 Å². The molecule has 14 heavy (non-hydrogen) atoms. The van der Waals surface area contributed by atoms with Gasteiger partial charge in [0, 0.05) is 6.54 Å².